The monoisotopic (exact) mass is 166 g/mol. The standard InChI is InChI=1S/C9H14N2O/c1-12-7-3-6-11-9-4-2-5-10-8-9/h2,4-5,8,11H,3,6-7H2,1H3. The zero-order valence-corrected chi connectivity index (χ0v) is 7.29. The van der Waals surface area contributed by atoms with E-state index in [2.05, 4.69) is 10.3 Å². The number of rotatable bonds is 5. The van der Waals surface area contributed by atoms with E-state index >= 15 is 0 Å². The Morgan fingerprint density at radius 1 is 1.58 bits per heavy atom. The summed E-state index contributed by atoms with van der Waals surface area (Å²) in [5.74, 6) is 0. The number of ether oxygens (including phenoxy) is 1. The highest BCUT2D eigenvalue weighted by Crippen LogP contribution is 2.01. The van der Waals surface area contributed by atoms with E-state index in [-0.39, 0.29) is 0 Å². The second kappa shape index (κ2) is 5.55. The van der Waals surface area contributed by atoms with Crippen molar-refractivity contribution in [3.05, 3.63) is 24.5 Å². The minimum Gasteiger partial charge on any atom is -0.385 e. The summed E-state index contributed by atoms with van der Waals surface area (Å²) >= 11 is 0. The van der Waals surface area contributed by atoms with Crippen molar-refractivity contribution in [1.29, 1.82) is 0 Å². The minimum absolute atomic E-state index is 0.799. The van der Waals surface area contributed by atoms with Crippen LogP contribution in [0.15, 0.2) is 24.5 Å². The molecule has 0 aliphatic heterocycles. The Bertz CT molecular complexity index is 201. The van der Waals surface area contributed by atoms with Gasteiger partial charge in [0.1, 0.15) is 0 Å². The first-order chi connectivity index (χ1) is 5.93. The summed E-state index contributed by atoms with van der Waals surface area (Å²) in [5, 5.41) is 3.24. The van der Waals surface area contributed by atoms with Crippen molar-refractivity contribution < 1.29 is 4.74 Å². The average molecular weight is 166 g/mol. The molecule has 1 rings (SSSR count). The van der Waals surface area contributed by atoms with Crippen LogP contribution in [0.4, 0.5) is 5.69 Å². The minimum atomic E-state index is 0.799. The van der Waals surface area contributed by atoms with Gasteiger partial charge in [0.05, 0.1) is 5.69 Å². The molecule has 0 atom stereocenters. The first-order valence-corrected chi connectivity index (χ1v) is 4.06. The largest absolute Gasteiger partial charge is 0.385 e. The molecule has 0 spiro atoms. The Morgan fingerprint density at radius 3 is 3.17 bits per heavy atom. The molecule has 0 amide bonds. The maximum Gasteiger partial charge on any atom is 0.0526 e. The first-order valence-electron chi connectivity index (χ1n) is 4.06. The molecule has 0 aromatic carbocycles. The summed E-state index contributed by atoms with van der Waals surface area (Å²) in [6.07, 6.45) is 4.60. The molecule has 1 aromatic heterocycles. The van der Waals surface area contributed by atoms with E-state index in [4.69, 9.17) is 4.74 Å². The number of hydrogen-bond donors (Lipinski definition) is 1. The molecule has 0 bridgehead atoms. The molecule has 1 N–H and O–H groups in total. The molecular formula is C9H14N2O. The second-order valence-electron chi connectivity index (χ2n) is 2.51. The van der Waals surface area contributed by atoms with Crippen molar-refractivity contribution in [1.82, 2.24) is 4.98 Å². The third-order valence-corrected chi connectivity index (χ3v) is 1.52. The summed E-state index contributed by atoms with van der Waals surface area (Å²) in [5.41, 5.74) is 1.06. The normalized spacial score (nSPS) is 9.75. The lowest BCUT2D eigenvalue weighted by atomic mass is 10.4. The van der Waals surface area contributed by atoms with Gasteiger partial charge in [-0.3, -0.25) is 4.98 Å². The Labute approximate surface area is 72.8 Å². The van der Waals surface area contributed by atoms with Crippen molar-refractivity contribution in [3.63, 3.8) is 0 Å². The lowest BCUT2D eigenvalue weighted by Crippen LogP contribution is -2.04. The number of pyridine rings is 1. The third-order valence-electron chi connectivity index (χ3n) is 1.52. The van der Waals surface area contributed by atoms with E-state index in [9.17, 15) is 0 Å². The second-order valence-corrected chi connectivity index (χ2v) is 2.51. The van der Waals surface area contributed by atoms with E-state index in [1.54, 1.807) is 13.3 Å². The predicted molar refractivity (Wildman–Crippen MR) is 49.2 cm³/mol. The van der Waals surface area contributed by atoms with Crippen LogP contribution in [0.25, 0.3) is 0 Å². The number of nitrogens with one attached hydrogen (secondary N) is 1. The molecule has 1 aromatic rings. The SMILES string of the molecule is COCCCNc1cccnc1. The Morgan fingerprint density at radius 2 is 2.50 bits per heavy atom. The molecular weight excluding hydrogens is 152 g/mol. The fourth-order valence-electron chi connectivity index (χ4n) is 0.917. The predicted octanol–water partition coefficient (Wildman–Crippen LogP) is 1.53. The maximum absolute atomic E-state index is 4.92. The van der Waals surface area contributed by atoms with Crippen LogP contribution < -0.4 is 5.32 Å². The zero-order valence-electron chi connectivity index (χ0n) is 7.29. The van der Waals surface area contributed by atoms with Gasteiger partial charge in [-0.25, -0.2) is 0 Å². The highest BCUT2D eigenvalue weighted by molar-refractivity contribution is 5.39. The Kier molecular flexibility index (Phi) is 4.16. The molecule has 0 radical (unpaired) electrons. The summed E-state index contributed by atoms with van der Waals surface area (Å²) in [6.45, 7) is 1.73. The van der Waals surface area contributed by atoms with E-state index in [0.29, 0.717) is 0 Å². The van der Waals surface area contributed by atoms with E-state index in [1.807, 2.05) is 18.3 Å². The van der Waals surface area contributed by atoms with Crippen molar-refractivity contribution in [3.8, 4) is 0 Å². The van der Waals surface area contributed by atoms with Crippen LogP contribution >= 0.6 is 0 Å². The van der Waals surface area contributed by atoms with Crippen LogP contribution in [0, 0.1) is 0 Å². The zero-order chi connectivity index (χ0) is 8.65. The molecule has 0 saturated heterocycles. The van der Waals surface area contributed by atoms with Gasteiger partial charge in [0.25, 0.3) is 0 Å². The van der Waals surface area contributed by atoms with Crippen LogP contribution in [0.3, 0.4) is 0 Å². The smallest absolute Gasteiger partial charge is 0.0526 e. The number of anilines is 1. The third kappa shape index (κ3) is 3.34. The van der Waals surface area contributed by atoms with Crippen LogP contribution in [-0.4, -0.2) is 25.2 Å². The van der Waals surface area contributed by atoms with Crippen LogP contribution in [-0.2, 0) is 4.74 Å². The molecule has 0 saturated carbocycles. The quantitative estimate of drug-likeness (QED) is 0.673. The van der Waals surface area contributed by atoms with Gasteiger partial charge >= 0.3 is 0 Å². The van der Waals surface area contributed by atoms with Crippen molar-refractivity contribution in [2.24, 2.45) is 0 Å². The van der Waals surface area contributed by atoms with E-state index < -0.39 is 0 Å². The van der Waals surface area contributed by atoms with Gasteiger partial charge in [-0.1, -0.05) is 0 Å². The van der Waals surface area contributed by atoms with Gasteiger partial charge in [0.2, 0.25) is 0 Å². The summed E-state index contributed by atoms with van der Waals surface area (Å²) in [4.78, 5) is 3.99. The molecule has 12 heavy (non-hydrogen) atoms. The fraction of sp³-hybridized carbons (Fsp3) is 0.444. The highest BCUT2D eigenvalue weighted by Gasteiger charge is 1.88. The Hall–Kier alpha value is -1.09. The van der Waals surface area contributed by atoms with Gasteiger partial charge < -0.3 is 10.1 Å². The lowest BCUT2D eigenvalue weighted by Gasteiger charge is -2.03. The van der Waals surface area contributed by atoms with E-state index in [0.717, 1.165) is 25.3 Å². The maximum atomic E-state index is 4.92. The lowest BCUT2D eigenvalue weighted by molar-refractivity contribution is 0.198. The summed E-state index contributed by atoms with van der Waals surface area (Å²) in [6, 6.07) is 3.92. The molecule has 0 unspecified atom stereocenters. The molecule has 0 aliphatic rings. The molecule has 0 aliphatic carbocycles. The van der Waals surface area contributed by atoms with Crippen LogP contribution in [0.5, 0.6) is 0 Å². The van der Waals surface area contributed by atoms with E-state index in [1.165, 1.54) is 0 Å². The molecule has 66 valence electrons. The van der Waals surface area contributed by atoms with Crippen LogP contribution in [0.2, 0.25) is 0 Å². The van der Waals surface area contributed by atoms with Gasteiger partial charge in [0.15, 0.2) is 0 Å². The molecule has 1 heterocycles. The molecule has 0 fully saturated rings. The van der Waals surface area contributed by atoms with Gasteiger partial charge in [-0.15, -0.1) is 0 Å². The molecule has 3 heteroatoms. The van der Waals surface area contributed by atoms with Gasteiger partial charge in [-0.2, -0.15) is 0 Å². The Balaban J connectivity index is 2.16. The van der Waals surface area contributed by atoms with Crippen LogP contribution in [0.1, 0.15) is 6.42 Å². The summed E-state index contributed by atoms with van der Waals surface area (Å²) in [7, 11) is 1.71. The van der Waals surface area contributed by atoms with Crippen molar-refractivity contribution >= 4 is 5.69 Å². The number of methoxy groups -OCH3 is 1. The number of nitrogens with zero attached hydrogens (tertiary/aromatic N) is 1. The topological polar surface area (TPSA) is 34.1 Å². The van der Waals surface area contributed by atoms with Crippen molar-refractivity contribution in [2.75, 3.05) is 25.6 Å². The number of hydrogen-bond acceptors (Lipinski definition) is 3. The van der Waals surface area contributed by atoms with Gasteiger partial charge in [-0.05, 0) is 18.6 Å². The highest BCUT2D eigenvalue weighted by atomic mass is 16.5. The summed E-state index contributed by atoms with van der Waals surface area (Å²) < 4.78 is 4.92. The van der Waals surface area contributed by atoms with Gasteiger partial charge in [0, 0.05) is 32.7 Å². The molecule has 3 nitrogen and oxygen atoms in total. The number of aromatic nitrogens is 1. The first kappa shape index (κ1) is 9.00. The average Bonchev–Trinajstić information content (AvgIpc) is 2.14. The fourth-order valence-corrected chi connectivity index (χ4v) is 0.917. The van der Waals surface area contributed by atoms with Crippen molar-refractivity contribution in [2.45, 2.75) is 6.42 Å².